The molecule has 0 spiro atoms. The highest BCUT2D eigenvalue weighted by Crippen LogP contribution is 2.45. The molecular weight excluding hydrogens is 335 g/mol. The van der Waals surface area contributed by atoms with E-state index >= 15 is 0 Å². The molecule has 2 aliphatic heterocycles. The van der Waals surface area contributed by atoms with E-state index in [1.165, 1.54) is 0 Å². The van der Waals surface area contributed by atoms with E-state index in [-0.39, 0.29) is 30.0 Å². The van der Waals surface area contributed by atoms with Gasteiger partial charge in [0.15, 0.2) is 6.23 Å². The van der Waals surface area contributed by atoms with E-state index in [0.29, 0.717) is 15.6 Å². The van der Waals surface area contributed by atoms with Crippen LogP contribution in [0.25, 0.3) is 0 Å². The lowest BCUT2D eigenvalue weighted by Gasteiger charge is -2.36. The maximum absolute atomic E-state index is 9.60. The van der Waals surface area contributed by atoms with E-state index in [1.807, 2.05) is 6.07 Å². The van der Waals surface area contributed by atoms with Crippen molar-refractivity contribution < 1.29 is 4.74 Å². The van der Waals surface area contributed by atoms with Crippen LogP contribution in [-0.4, -0.2) is 12.3 Å². The summed E-state index contributed by atoms with van der Waals surface area (Å²) in [6.07, 6.45) is 1.68. The van der Waals surface area contributed by atoms with Crippen molar-refractivity contribution >= 4 is 23.2 Å². The number of allylic oxidation sites excluding steroid dienone is 1. The van der Waals surface area contributed by atoms with E-state index in [0.717, 1.165) is 18.4 Å². The Labute approximate surface area is 145 Å². The highest BCUT2D eigenvalue weighted by atomic mass is 35.5. The molecule has 1 fully saturated rings. The van der Waals surface area contributed by atoms with Gasteiger partial charge in [0.1, 0.15) is 6.07 Å². The number of nitrogens with one attached hydrogen (secondary N) is 2. The Morgan fingerprint density at radius 3 is 2.78 bits per heavy atom. The summed E-state index contributed by atoms with van der Waals surface area (Å²) in [6.45, 7) is 2.12. The Balaban J connectivity index is 2.10. The van der Waals surface area contributed by atoms with Crippen molar-refractivity contribution in [1.29, 1.82) is 5.26 Å². The molecule has 0 bridgehead atoms. The zero-order chi connectivity index (χ0) is 16.6. The molecule has 4 atom stereocenters. The number of hydrazine groups is 1. The minimum absolute atomic E-state index is 0.0237. The largest absolute Gasteiger partial charge is 0.458 e. The average molecular weight is 353 g/mol. The maximum atomic E-state index is 9.60. The Kier molecular flexibility index (Phi) is 4.69. The number of ether oxygens (including phenoxy) is 1. The van der Waals surface area contributed by atoms with Crippen LogP contribution in [0.2, 0.25) is 10.0 Å². The number of benzene rings is 1. The van der Waals surface area contributed by atoms with Crippen LogP contribution >= 0.6 is 23.2 Å². The van der Waals surface area contributed by atoms with Crippen molar-refractivity contribution in [3.63, 3.8) is 0 Å². The number of nitrogens with two attached hydrogens (primary N) is 1. The highest BCUT2D eigenvalue weighted by molar-refractivity contribution is 6.35. The Morgan fingerprint density at radius 2 is 2.13 bits per heavy atom. The molecule has 3 rings (SSSR count). The van der Waals surface area contributed by atoms with Gasteiger partial charge in [-0.25, -0.2) is 5.43 Å². The first kappa shape index (κ1) is 16.4. The van der Waals surface area contributed by atoms with Crippen molar-refractivity contribution in [2.45, 2.75) is 38.0 Å². The maximum Gasteiger partial charge on any atom is 0.200 e. The number of halogens is 2. The first-order chi connectivity index (χ1) is 11.1. The number of nitriles is 1. The van der Waals surface area contributed by atoms with Crippen LogP contribution in [0.5, 0.6) is 0 Å². The molecule has 0 aliphatic carbocycles. The van der Waals surface area contributed by atoms with Crippen LogP contribution in [0.4, 0.5) is 0 Å². The molecule has 1 aromatic carbocycles. The normalized spacial score (nSPS) is 29.8. The molecule has 23 heavy (non-hydrogen) atoms. The van der Waals surface area contributed by atoms with Crippen LogP contribution in [0, 0.1) is 17.2 Å². The fourth-order valence-corrected chi connectivity index (χ4v) is 4.00. The molecule has 1 saturated heterocycles. The second kappa shape index (κ2) is 6.58. The molecule has 2 aliphatic rings. The number of hydrogen-bond donors (Lipinski definition) is 3. The van der Waals surface area contributed by atoms with Gasteiger partial charge in [-0.3, -0.25) is 5.43 Å². The van der Waals surface area contributed by atoms with Crippen LogP contribution in [0.1, 0.15) is 31.2 Å². The summed E-state index contributed by atoms with van der Waals surface area (Å²) in [5, 5.41) is 10.7. The predicted octanol–water partition coefficient (Wildman–Crippen LogP) is 3.02. The Hall–Kier alpha value is -1.45. The molecule has 5 nitrogen and oxygen atoms in total. The number of hydrogen-bond acceptors (Lipinski definition) is 5. The van der Waals surface area contributed by atoms with E-state index in [9.17, 15) is 5.26 Å². The molecule has 7 heteroatoms. The number of rotatable bonds is 3. The van der Waals surface area contributed by atoms with Gasteiger partial charge in [-0.05, 0) is 24.1 Å². The van der Waals surface area contributed by atoms with Crippen LogP contribution < -0.4 is 16.6 Å². The molecule has 0 radical (unpaired) electrons. The predicted molar refractivity (Wildman–Crippen MR) is 89.4 cm³/mol. The number of fused-ring (bicyclic) bond motifs is 1. The second-order valence-electron chi connectivity index (χ2n) is 5.83. The van der Waals surface area contributed by atoms with E-state index in [1.54, 1.807) is 12.1 Å². The van der Waals surface area contributed by atoms with E-state index in [4.69, 9.17) is 33.7 Å². The zero-order valence-corrected chi connectivity index (χ0v) is 14.2. The fraction of sp³-hybridized carbons (Fsp3) is 0.438. The van der Waals surface area contributed by atoms with Crippen LogP contribution in [0.15, 0.2) is 29.7 Å². The first-order valence-corrected chi connectivity index (χ1v) is 8.34. The van der Waals surface area contributed by atoms with Gasteiger partial charge >= 0.3 is 0 Å². The van der Waals surface area contributed by atoms with Gasteiger partial charge in [0, 0.05) is 27.9 Å². The van der Waals surface area contributed by atoms with Gasteiger partial charge in [-0.1, -0.05) is 42.6 Å². The summed E-state index contributed by atoms with van der Waals surface area (Å²) in [5.41, 5.74) is 13.6. The standard InChI is InChI=1S/C16H18Cl2N4O/c1-2-3-12-14-13(9-5-4-8(17)6-11(9)18)10(7-19)15(20)23-16(14)22-21-12/h4-6,12-14,16,21-22H,2-3,20H2,1H3. The molecule has 122 valence electrons. The van der Waals surface area contributed by atoms with Gasteiger partial charge < -0.3 is 10.5 Å². The number of nitrogens with zero attached hydrogens (tertiary/aromatic N) is 1. The minimum Gasteiger partial charge on any atom is -0.458 e. The molecule has 0 amide bonds. The van der Waals surface area contributed by atoms with Gasteiger partial charge in [-0.2, -0.15) is 5.26 Å². The Morgan fingerprint density at radius 1 is 1.35 bits per heavy atom. The third kappa shape index (κ3) is 2.88. The smallest absolute Gasteiger partial charge is 0.200 e. The highest BCUT2D eigenvalue weighted by Gasteiger charge is 2.48. The minimum atomic E-state index is -0.291. The van der Waals surface area contributed by atoms with Crippen molar-refractivity contribution in [1.82, 2.24) is 10.9 Å². The van der Waals surface area contributed by atoms with Gasteiger partial charge in [-0.15, -0.1) is 0 Å². The molecule has 4 unspecified atom stereocenters. The lowest BCUT2D eigenvalue weighted by molar-refractivity contribution is 0.0337. The van der Waals surface area contributed by atoms with Gasteiger partial charge in [0.2, 0.25) is 5.88 Å². The fourth-order valence-electron chi connectivity index (χ4n) is 3.47. The van der Waals surface area contributed by atoms with Crippen molar-refractivity contribution in [2.75, 3.05) is 0 Å². The monoisotopic (exact) mass is 352 g/mol. The van der Waals surface area contributed by atoms with Crippen LogP contribution in [-0.2, 0) is 4.74 Å². The zero-order valence-electron chi connectivity index (χ0n) is 12.6. The van der Waals surface area contributed by atoms with Crippen molar-refractivity contribution in [2.24, 2.45) is 11.7 Å². The van der Waals surface area contributed by atoms with Crippen molar-refractivity contribution in [3.05, 3.63) is 45.3 Å². The molecular formula is C16H18Cl2N4O. The summed E-state index contributed by atoms with van der Waals surface area (Å²) in [5.74, 6) is -0.0608. The average Bonchev–Trinajstić information content (AvgIpc) is 2.89. The van der Waals surface area contributed by atoms with Crippen LogP contribution in [0.3, 0.4) is 0 Å². The molecule has 0 saturated carbocycles. The summed E-state index contributed by atoms with van der Waals surface area (Å²) in [7, 11) is 0. The summed E-state index contributed by atoms with van der Waals surface area (Å²) in [6, 6.07) is 7.71. The SMILES string of the molecule is CCCC1NNC2OC(N)=C(C#N)C(c3ccc(Cl)cc3Cl)C12. The lowest BCUT2D eigenvalue weighted by atomic mass is 9.75. The van der Waals surface area contributed by atoms with Gasteiger partial charge in [0.25, 0.3) is 0 Å². The second-order valence-corrected chi connectivity index (χ2v) is 6.68. The third-order valence-electron chi connectivity index (χ3n) is 4.46. The summed E-state index contributed by atoms with van der Waals surface area (Å²) < 4.78 is 5.70. The van der Waals surface area contributed by atoms with Crippen molar-refractivity contribution in [3.8, 4) is 6.07 Å². The molecule has 4 N–H and O–H groups in total. The summed E-state index contributed by atoms with van der Waals surface area (Å²) in [4.78, 5) is 0. The first-order valence-electron chi connectivity index (χ1n) is 7.59. The summed E-state index contributed by atoms with van der Waals surface area (Å²) >= 11 is 12.4. The third-order valence-corrected chi connectivity index (χ3v) is 5.02. The quantitative estimate of drug-likeness (QED) is 0.778. The van der Waals surface area contributed by atoms with Gasteiger partial charge in [0.05, 0.1) is 5.57 Å². The van der Waals surface area contributed by atoms with E-state index in [2.05, 4.69) is 23.8 Å². The molecule has 1 aromatic rings. The molecule has 0 aromatic heterocycles. The Bertz CT molecular complexity index is 685. The molecule has 2 heterocycles. The van der Waals surface area contributed by atoms with E-state index < -0.39 is 0 Å². The lowest BCUT2D eigenvalue weighted by Crippen LogP contribution is -2.41. The topological polar surface area (TPSA) is 83.1 Å².